The van der Waals surface area contributed by atoms with Gasteiger partial charge in [0.2, 0.25) is 5.91 Å². The van der Waals surface area contributed by atoms with Gasteiger partial charge >= 0.3 is 0 Å². The summed E-state index contributed by atoms with van der Waals surface area (Å²) in [6.07, 6.45) is 4.86. The maximum atomic E-state index is 11.2. The van der Waals surface area contributed by atoms with Gasteiger partial charge in [0, 0.05) is 18.0 Å². The quantitative estimate of drug-likeness (QED) is 0.714. The summed E-state index contributed by atoms with van der Waals surface area (Å²) in [6.45, 7) is 0. The van der Waals surface area contributed by atoms with Gasteiger partial charge in [0.05, 0.1) is 11.1 Å². The molecule has 1 atom stereocenters. The number of hydrogen-bond donors (Lipinski definition) is 2. The number of carbonyl (C=O) groups is 1. The largest absolute Gasteiger partial charge is 0.368 e. The molecule has 1 aliphatic rings. The second kappa shape index (κ2) is 6.02. The predicted molar refractivity (Wildman–Crippen MR) is 68.7 cm³/mol. The van der Waals surface area contributed by atoms with Crippen molar-refractivity contribution in [2.45, 2.75) is 36.4 Å². The van der Waals surface area contributed by atoms with Crippen molar-refractivity contribution in [1.29, 1.82) is 0 Å². The molecule has 1 aromatic heterocycles. The number of thioether (sulfide) groups is 1. The highest BCUT2D eigenvalue weighted by Gasteiger charge is 2.26. The smallest absolute Gasteiger partial charge is 0.234 e. The minimum Gasteiger partial charge on any atom is -0.368 e. The van der Waals surface area contributed by atoms with Crippen molar-refractivity contribution >= 4 is 17.7 Å². The molecule has 1 amide bonds. The minimum atomic E-state index is -0.251. The van der Waals surface area contributed by atoms with Crippen LogP contribution >= 0.6 is 11.8 Å². The fraction of sp³-hybridized carbons (Fsp3) is 0.500. The van der Waals surface area contributed by atoms with Crippen LogP contribution in [0.4, 0.5) is 0 Å². The van der Waals surface area contributed by atoms with E-state index >= 15 is 0 Å². The van der Waals surface area contributed by atoms with Crippen LogP contribution < -0.4 is 11.1 Å². The lowest BCUT2D eigenvalue weighted by Gasteiger charge is -2.14. The highest BCUT2D eigenvalue weighted by atomic mass is 32.2. The number of nitrogens with two attached hydrogens (primary N) is 1. The van der Waals surface area contributed by atoms with E-state index in [-0.39, 0.29) is 11.9 Å². The van der Waals surface area contributed by atoms with Crippen LogP contribution in [-0.2, 0) is 4.79 Å². The van der Waals surface area contributed by atoms with E-state index < -0.39 is 0 Å². The Hall–Kier alpha value is -1.07. The molecule has 0 aromatic carbocycles. The van der Waals surface area contributed by atoms with E-state index in [9.17, 15) is 4.79 Å². The van der Waals surface area contributed by atoms with Crippen LogP contribution in [0.25, 0.3) is 0 Å². The van der Waals surface area contributed by atoms with Crippen LogP contribution in [0.5, 0.6) is 0 Å². The van der Waals surface area contributed by atoms with Crippen molar-refractivity contribution in [3.63, 3.8) is 0 Å². The van der Waals surface area contributed by atoms with E-state index in [0.717, 1.165) is 30.0 Å². The molecular formula is C12H17N3OS. The molecule has 1 unspecified atom stereocenters. The van der Waals surface area contributed by atoms with E-state index in [1.807, 2.05) is 18.2 Å². The molecule has 92 valence electrons. The molecule has 1 fully saturated rings. The molecular weight excluding hydrogens is 234 g/mol. The Balaban J connectivity index is 1.73. The normalized spacial score (nSPS) is 16.7. The number of aromatic nitrogens is 1. The number of hydrogen-bond acceptors (Lipinski definition) is 4. The van der Waals surface area contributed by atoms with Crippen molar-refractivity contribution < 1.29 is 4.79 Å². The lowest BCUT2D eigenvalue weighted by molar-refractivity contribution is -0.120. The second-order valence-corrected chi connectivity index (χ2v) is 5.32. The lowest BCUT2D eigenvalue weighted by atomic mass is 10.2. The average Bonchev–Trinajstić information content (AvgIpc) is 3.13. The summed E-state index contributed by atoms with van der Waals surface area (Å²) in [5.41, 5.74) is 5.37. The van der Waals surface area contributed by atoms with Gasteiger partial charge in [-0.2, -0.15) is 0 Å². The first-order valence-corrected chi connectivity index (χ1v) is 6.83. The van der Waals surface area contributed by atoms with Gasteiger partial charge in [-0.3, -0.25) is 4.79 Å². The molecule has 0 radical (unpaired) electrons. The molecule has 17 heavy (non-hydrogen) atoms. The summed E-state index contributed by atoms with van der Waals surface area (Å²) in [5.74, 6) is 0.600. The number of rotatable bonds is 7. The molecule has 0 aliphatic heterocycles. The van der Waals surface area contributed by atoms with Crippen LogP contribution in [0.1, 0.15) is 19.3 Å². The summed E-state index contributed by atoms with van der Waals surface area (Å²) in [5, 5.41) is 4.26. The summed E-state index contributed by atoms with van der Waals surface area (Å²) in [6, 6.07) is 6.14. The van der Waals surface area contributed by atoms with Crippen molar-refractivity contribution in [1.82, 2.24) is 10.3 Å². The van der Waals surface area contributed by atoms with Crippen molar-refractivity contribution in [3.05, 3.63) is 24.4 Å². The van der Waals surface area contributed by atoms with Gasteiger partial charge in [-0.25, -0.2) is 4.98 Å². The van der Waals surface area contributed by atoms with Gasteiger partial charge in [0.15, 0.2) is 0 Å². The van der Waals surface area contributed by atoms with E-state index in [2.05, 4.69) is 10.3 Å². The molecule has 2 rings (SSSR count). The molecule has 4 nitrogen and oxygen atoms in total. The Kier molecular flexibility index (Phi) is 4.39. The maximum Gasteiger partial charge on any atom is 0.234 e. The molecule has 0 saturated heterocycles. The summed E-state index contributed by atoms with van der Waals surface area (Å²) in [7, 11) is 0. The third-order valence-corrected chi connectivity index (χ3v) is 3.63. The third-order valence-electron chi connectivity index (χ3n) is 2.65. The zero-order valence-electron chi connectivity index (χ0n) is 9.63. The summed E-state index contributed by atoms with van der Waals surface area (Å²) >= 11 is 1.65. The molecule has 1 aromatic rings. The van der Waals surface area contributed by atoms with Gasteiger partial charge in [0.1, 0.15) is 0 Å². The van der Waals surface area contributed by atoms with Gasteiger partial charge in [-0.05, 0) is 31.4 Å². The minimum absolute atomic E-state index is 0.196. The third kappa shape index (κ3) is 4.36. The molecule has 1 heterocycles. The van der Waals surface area contributed by atoms with Crippen molar-refractivity contribution in [2.24, 2.45) is 5.73 Å². The monoisotopic (exact) mass is 251 g/mol. The van der Waals surface area contributed by atoms with Gasteiger partial charge in [-0.15, -0.1) is 11.8 Å². The van der Waals surface area contributed by atoms with E-state index in [0.29, 0.717) is 6.04 Å². The molecule has 1 saturated carbocycles. The molecule has 0 bridgehead atoms. The number of pyridine rings is 1. The zero-order chi connectivity index (χ0) is 12.1. The second-order valence-electron chi connectivity index (χ2n) is 4.20. The van der Waals surface area contributed by atoms with Crippen molar-refractivity contribution in [3.8, 4) is 0 Å². The zero-order valence-corrected chi connectivity index (χ0v) is 10.5. The first kappa shape index (κ1) is 12.4. The Bertz CT molecular complexity index is 367. The maximum absolute atomic E-state index is 11.2. The van der Waals surface area contributed by atoms with Crippen LogP contribution in [0.15, 0.2) is 29.4 Å². The first-order chi connectivity index (χ1) is 8.25. The highest BCUT2D eigenvalue weighted by molar-refractivity contribution is 7.99. The number of primary amides is 1. The first-order valence-electron chi connectivity index (χ1n) is 5.85. The Labute approximate surface area is 105 Å². The standard InChI is InChI=1S/C12H17N3OS/c13-12(16)10(15-9-4-5-9)6-8-17-11-3-1-2-7-14-11/h1-3,7,9-10,15H,4-6,8H2,(H2,13,16). The topological polar surface area (TPSA) is 68.0 Å². The van der Waals surface area contributed by atoms with Gasteiger partial charge in [-0.1, -0.05) is 6.07 Å². The van der Waals surface area contributed by atoms with Gasteiger partial charge in [0.25, 0.3) is 0 Å². The fourth-order valence-electron chi connectivity index (χ4n) is 1.56. The Morgan fingerprint density at radius 2 is 2.41 bits per heavy atom. The molecule has 1 aliphatic carbocycles. The number of nitrogens with zero attached hydrogens (tertiary/aromatic N) is 1. The van der Waals surface area contributed by atoms with Crippen LogP contribution in [0.2, 0.25) is 0 Å². The van der Waals surface area contributed by atoms with Crippen LogP contribution in [0.3, 0.4) is 0 Å². The Morgan fingerprint density at radius 1 is 1.59 bits per heavy atom. The van der Waals surface area contributed by atoms with E-state index in [1.165, 1.54) is 0 Å². The molecule has 5 heteroatoms. The van der Waals surface area contributed by atoms with E-state index in [1.54, 1.807) is 18.0 Å². The Morgan fingerprint density at radius 3 is 3.00 bits per heavy atom. The summed E-state index contributed by atoms with van der Waals surface area (Å²) < 4.78 is 0. The van der Waals surface area contributed by atoms with Gasteiger partial charge < -0.3 is 11.1 Å². The molecule has 0 spiro atoms. The fourth-order valence-corrected chi connectivity index (χ4v) is 2.43. The average molecular weight is 251 g/mol. The summed E-state index contributed by atoms with van der Waals surface area (Å²) in [4.78, 5) is 15.5. The lowest BCUT2D eigenvalue weighted by Crippen LogP contribution is -2.42. The van der Waals surface area contributed by atoms with Crippen LogP contribution in [0, 0.1) is 0 Å². The van der Waals surface area contributed by atoms with Crippen LogP contribution in [-0.4, -0.2) is 28.7 Å². The van der Waals surface area contributed by atoms with Crippen molar-refractivity contribution in [2.75, 3.05) is 5.75 Å². The van der Waals surface area contributed by atoms with E-state index in [4.69, 9.17) is 5.73 Å². The predicted octanol–water partition coefficient (Wildman–Crippen LogP) is 1.17. The SMILES string of the molecule is NC(=O)C(CCSc1ccccn1)NC1CC1. The number of nitrogens with one attached hydrogen (secondary N) is 1. The number of amides is 1. The molecule has 3 N–H and O–H groups in total. The number of carbonyl (C=O) groups excluding carboxylic acids is 1. The highest BCUT2D eigenvalue weighted by Crippen LogP contribution is 2.21.